The van der Waals surface area contributed by atoms with Crippen molar-refractivity contribution in [3.05, 3.63) is 38.3 Å². The molecule has 3 heterocycles. The average molecular weight is 348 g/mol. The highest BCUT2D eigenvalue weighted by atomic mass is 32.2. The first kappa shape index (κ1) is 15.7. The summed E-state index contributed by atoms with van der Waals surface area (Å²) in [4.78, 5) is 23.3. The van der Waals surface area contributed by atoms with Crippen molar-refractivity contribution in [1.82, 2.24) is 24.6 Å². The van der Waals surface area contributed by atoms with Crippen LogP contribution in [0, 0.1) is 11.3 Å². The molecule has 0 radical (unpaired) electrons. The Bertz CT molecular complexity index is 938. The van der Waals surface area contributed by atoms with Crippen molar-refractivity contribution in [3.8, 4) is 6.07 Å². The van der Waals surface area contributed by atoms with E-state index in [9.17, 15) is 4.79 Å². The Balaban J connectivity index is 1.81. The van der Waals surface area contributed by atoms with E-state index < -0.39 is 5.69 Å². The summed E-state index contributed by atoms with van der Waals surface area (Å²) < 4.78 is 6.31. The van der Waals surface area contributed by atoms with Gasteiger partial charge in [0.2, 0.25) is 0 Å². The molecule has 0 fully saturated rings. The van der Waals surface area contributed by atoms with Gasteiger partial charge in [0.15, 0.2) is 10.8 Å². The second-order valence-electron chi connectivity index (χ2n) is 4.60. The smallest absolute Gasteiger partial charge is 0.350 e. The fourth-order valence-corrected chi connectivity index (χ4v) is 3.53. The SMILES string of the molecule is COC(C)c1nc(CSc2nc3c(C#N)cnn3c(=O)[nH]2)cs1. The summed E-state index contributed by atoms with van der Waals surface area (Å²) in [6, 6.07) is 1.97. The Morgan fingerprint density at radius 1 is 1.57 bits per heavy atom. The Hall–Kier alpha value is -2.22. The van der Waals surface area contributed by atoms with Crippen molar-refractivity contribution in [2.45, 2.75) is 23.9 Å². The van der Waals surface area contributed by atoms with E-state index in [-0.39, 0.29) is 17.3 Å². The number of ether oxygens (including phenoxy) is 1. The van der Waals surface area contributed by atoms with Crippen LogP contribution in [0.25, 0.3) is 5.65 Å². The number of aromatic amines is 1. The van der Waals surface area contributed by atoms with Crippen molar-refractivity contribution in [2.75, 3.05) is 7.11 Å². The van der Waals surface area contributed by atoms with Gasteiger partial charge in [-0.2, -0.15) is 14.9 Å². The molecule has 23 heavy (non-hydrogen) atoms. The Kier molecular flexibility index (Phi) is 4.42. The van der Waals surface area contributed by atoms with E-state index in [1.165, 1.54) is 29.3 Å². The van der Waals surface area contributed by atoms with E-state index in [0.29, 0.717) is 10.9 Å². The van der Waals surface area contributed by atoms with Gasteiger partial charge in [-0.3, -0.25) is 4.98 Å². The molecule has 3 rings (SSSR count). The van der Waals surface area contributed by atoms with Crippen LogP contribution in [0.15, 0.2) is 21.5 Å². The van der Waals surface area contributed by atoms with Crippen LogP contribution >= 0.6 is 23.1 Å². The van der Waals surface area contributed by atoms with E-state index in [1.807, 2.05) is 18.4 Å². The third-order valence-corrected chi connectivity index (χ3v) is 5.07. The first-order valence-electron chi connectivity index (χ1n) is 6.60. The summed E-state index contributed by atoms with van der Waals surface area (Å²) in [6.45, 7) is 1.94. The van der Waals surface area contributed by atoms with Crippen molar-refractivity contribution in [3.63, 3.8) is 0 Å². The Labute approximate surface area is 139 Å². The second kappa shape index (κ2) is 6.49. The largest absolute Gasteiger partial charge is 0.375 e. The highest BCUT2D eigenvalue weighted by Crippen LogP contribution is 2.24. The maximum atomic E-state index is 11.9. The number of hydrogen-bond donors (Lipinski definition) is 1. The molecule has 0 bridgehead atoms. The van der Waals surface area contributed by atoms with Crippen LogP contribution in [0.3, 0.4) is 0 Å². The molecular formula is C13H12N6O2S2. The number of methoxy groups -OCH3 is 1. The minimum atomic E-state index is -0.425. The summed E-state index contributed by atoms with van der Waals surface area (Å²) in [7, 11) is 1.64. The molecule has 0 spiro atoms. The van der Waals surface area contributed by atoms with Gasteiger partial charge in [0.05, 0.1) is 11.9 Å². The number of thioether (sulfide) groups is 1. The van der Waals surface area contributed by atoms with Crippen molar-refractivity contribution in [1.29, 1.82) is 5.26 Å². The van der Waals surface area contributed by atoms with Gasteiger partial charge in [-0.1, -0.05) is 11.8 Å². The van der Waals surface area contributed by atoms with Crippen molar-refractivity contribution in [2.24, 2.45) is 0 Å². The molecular weight excluding hydrogens is 336 g/mol. The highest BCUT2D eigenvalue weighted by Gasteiger charge is 2.12. The predicted molar refractivity (Wildman–Crippen MR) is 85.4 cm³/mol. The van der Waals surface area contributed by atoms with Crippen LogP contribution < -0.4 is 5.69 Å². The van der Waals surface area contributed by atoms with E-state index in [0.717, 1.165) is 15.2 Å². The molecule has 8 nitrogen and oxygen atoms in total. The minimum Gasteiger partial charge on any atom is -0.375 e. The molecule has 1 atom stereocenters. The number of nitrogens with one attached hydrogen (secondary N) is 1. The number of nitriles is 1. The molecule has 118 valence electrons. The fourth-order valence-electron chi connectivity index (χ4n) is 1.83. The molecule has 0 aromatic carbocycles. The van der Waals surface area contributed by atoms with Crippen LogP contribution in [0.4, 0.5) is 0 Å². The molecule has 1 N–H and O–H groups in total. The number of aromatic nitrogens is 5. The van der Waals surface area contributed by atoms with Crippen molar-refractivity contribution >= 4 is 28.7 Å². The molecule has 0 saturated carbocycles. The summed E-state index contributed by atoms with van der Waals surface area (Å²) in [5, 5.41) is 16.1. The molecule has 3 aromatic heterocycles. The lowest BCUT2D eigenvalue weighted by Crippen LogP contribution is -2.19. The summed E-state index contributed by atoms with van der Waals surface area (Å²) in [5.74, 6) is 0.558. The number of rotatable bonds is 5. The number of fused-ring (bicyclic) bond motifs is 1. The van der Waals surface area contributed by atoms with Crippen LogP contribution in [0.5, 0.6) is 0 Å². The Morgan fingerprint density at radius 3 is 3.13 bits per heavy atom. The van der Waals surface area contributed by atoms with Gasteiger partial charge < -0.3 is 4.74 Å². The number of hydrogen-bond acceptors (Lipinski definition) is 8. The van der Waals surface area contributed by atoms with Crippen LogP contribution in [0.1, 0.15) is 29.3 Å². The van der Waals surface area contributed by atoms with Crippen LogP contribution in [-0.4, -0.2) is 31.7 Å². The quantitative estimate of drug-likeness (QED) is 0.699. The first-order valence-corrected chi connectivity index (χ1v) is 8.47. The topological polar surface area (TPSA) is 109 Å². The van der Waals surface area contributed by atoms with E-state index in [1.54, 1.807) is 7.11 Å². The van der Waals surface area contributed by atoms with Gasteiger partial charge >= 0.3 is 5.69 Å². The third kappa shape index (κ3) is 3.12. The molecule has 0 amide bonds. The zero-order chi connectivity index (χ0) is 16.4. The van der Waals surface area contributed by atoms with Crippen molar-refractivity contribution < 1.29 is 4.74 Å². The standard InChI is InChI=1S/C13H12N6O2S2/c1-7(21-2)11-16-9(5-22-11)6-23-12-17-10-8(3-14)4-15-19(10)13(20)18-12/h4-5,7H,6H2,1-2H3,(H,17,18,20). The molecule has 0 saturated heterocycles. The molecule has 3 aromatic rings. The monoisotopic (exact) mass is 348 g/mol. The molecule has 0 aliphatic rings. The van der Waals surface area contributed by atoms with Gasteiger partial charge in [-0.25, -0.2) is 14.8 Å². The number of H-pyrrole nitrogens is 1. The average Bonchev–Trinajstić information content (AvgIpc) is 3.19. The van der Waals surface area contributed by atoms with E-state index in [4.69, 9.17) is 10.00 Å². The lowest BCUT2D eigenvalue weighted by Gasteiger charge is -2.03. The summed E-state index contributed by atoms with van der Waals surface area (Å²) in [6.07, 6.45) is 1.28. The molecule has 1 unspecified atom stereocenters. The van der Waals surface area contributed by atoms with E-state index >= 15 is 0 Å². The third-order valence-electron chi connectivity index (χ3n) is 3.11. The van der Waals surface area contributed by atoms with Gasteiger partial charge in [0, 0.05) is 18.2 Å². The Morgan fingerprint density at radius 2 is 2.39 bits per heavy atom. The highest BCUT2D eigenvalue weighted by molar-refractivity contribution is 7.98. The minimum absolute atomic E-state index is 0.0435. The maximum Gasteiger partial charge on any atom is 0.350 e. The van der Waals surface area contributed by atoms with Gasteiger partial charge in [0.25, 0.3) is 0 Å². The second-order valence-corrected chi connectivity index (χ2v) is 6.45. The number of nitrogens with zero attached hydrogens (tertiary/aromatic N) is 5. The lowest BCUT2D eigenvalue weighted by molar-refractivity contribution is 0.119. The first-order chi connectivity index (χ1) is 11.1. The molecule has 0 aliphatic heterocycles. The normalized spacial score (nSPS) is 12.4. The van der Waals surface area contributed by atoms with Gasteiger partial charge in [-0.05, 0) is 6.92 Å². The number of thiazole rings is 1. The zero-order valence-corrected chi connectivity index (χ0v) is 13.9. The van der Waals surface area contributed by atoms with E-state index in [2.05, 4.69) is 20.1 Å². The van der Waals surface area contributed by atoms with Gasteiger partial charge in [0.1, 0.15) is 22.7 Å². The summed E-state index contributed by atoms with van der Waals surface area (Å²) >= 11 is 2.88. The van der Waals surface area contributed by atoms with Crippen LogP contribution in [-0.2, 0) is 10.5 Å². The molecule has 10 heteroatoms. The predicted octanol–water partition coefficient (Wildman–Crippen LogP) is 1.75. The van der Waals surface area contributed by atoms with Gasteiger partial charge in [-0.15, -0.1) is 11.3 Å². The summed E-state index contributed by atoms with van der Waals surface area (Å²) in [5.41, 5.74) is 0.981. The zero-order valence-electron chi connectivity index (χ0n) is 12.3. The maximum absolute atomic E-state index is 11.9. The lowest BCUT2D eigenvalue weighted by atomic mass is 10.4. The molecule has 0 aliphatic carbocycles. The van der Waals surface area contributed by atoms with Crippen LogP contribution in [0.2, 0.25) is 0 Å². The fraction of sp³-hybridized carbons (Fsp3) is 0.308.